The lowest BCUT2D eigenvalue weighted by molar-refractivity contribution is 0.0595. The zero-order valence-corrected chi connectivity index (χ0v) is 15.6. The lowest BCUT2D eigenvalue weighted by Crippen LogP contribution is -2.41. The number of benzene rings is 2. The number of rotatable bonds is 4. The summed E-state index contributed by atoms with van der Waals surface area (Å²) in [5.41, 5.74) is 0.118. The van der Waals surface area contributed by atoms with Gasteiger partial charge in [-0.25, -0.2) is 12.8 Å². The molecule has 0 radical (unpaired) electrons. The fraction of sp³-hybridized carbons (Fsp3) is 0.316. The number of piperidine rings is 1. The molecule has 1 aliphatic rings. The minimum Gasteiger partial charge on any atom is -0.508 e. The molecule has 0 spiro atoms. The summed E-state index contributed by atoms with van der Waals surface area (Å²) in [6, 6.07) is 9.95. The smallest absolute Gasteiger partial charge is 0.253 e. The van der Waals surface area contributed by atoms with Gasteiger partial charge >= 0.3 is 0 Å². The zero-order chi connectivity index (χ0) is 19.6. The number of hydrogen-bond donors (Lipinski definition) is 1. The van der Waals surface area contributed by atoms with Crippen LogP contribution in [0.25, 0.3) is 0 Å². The van der Waals surface area contributed by atoms with E-state index in [-0.39, 0.29) is 23.3 Å². The molecule has 0 unspecified atom stereocenters. The first-order valence-corrected chi connectivity index (χ1v) is 10.4. The van der Waals surface area contributed by atoms with E-state index >= 15 is 0 Å². The Morgan fingerprint density at radius 2 is 1.89 bits per heavy atom. The molecule has 1 saturated heterocycles. The Balaban J connectivity index is 1.62. The molecule has 6 nitrogen and oxygen atoms in total. The number of amides is 1. The fourth-order valence-corrected chi connectivity index (χ4v) is 3.77. The third-order valence-electron chi connectivity index (χ3n) is 4.43. The van der Waals surface area contributed by atoms with Crippen molar-refractivity contribution in [3.63, 3.8) is 0 Å². The van der Waals surface area contributed by atoms with Gasteiger partial charge in [0, 0.05) is 43.8 Å². The first-order chi connectivity index (χ1) is 12.7. The summed E-state index contributed by atoms with van der Waals surface area (Å²) in [6.07, 6.45) is 2.04. The van der Waals surface area contributed by atoms with Crippen molar-refractivity contribution in [2.24, 2.45) is 0 Å². The molecule has 0 saturated carbocycles. The highest BCUT2D eigenvalue weighted by Crippen LogP contribution is 2.24. The minimum atomic E-state index is -3.68. The Morgan fingerprint density at radius 3 is 2.48 bits per heavy atom. The number of nitrogens with zero attached hydrogens (tertiary/aromatic N) is 1. The number of hydrogen-bond acceptors (Lipinski definition) is 5. The Hall–Kier alpha value is -2.61. The van der Waals surface area contributed by atoms with Gasteiger partial charge < -0.3 is 14.7 Å². The van der Waals surface area contributed by atoms with Crippen LogP contribution in [0, 0.1) is 5.82 Å². The number of ether oxygens (including phenoxy) is 1. The average molecular weight is 393 g/mol. The van der Waals surface area contributed by atoms with E-state index in [2.05, 4.69) is 0 Å². The lowest BCUT2D eigenvalue weighted by Gasteiger charge is -2.32. The van der Waals surface area contributed by atoms with E-state index in [0.29, 0.717) is 31.7 Å². The van der Waals surface area contributed by atoms with Gasteiger partial charge in [0.2, 0.25) is 0 Å². The minimum absolute atomic E-state index is 0.0832. The predicted octanol–water partition coefficient (Wildman–Crippen LogP) is 2.62. The maximum atomic E-state index is 14.0. The van der Waals surface area contributed by atoms with E-state index in [4.69, 9.17) is 4.74 Å². The van der Waals surface area contributed by atoms with E-state index in [1.165, 1.54) is 12.1 Å². The quantitative estimate of drug-likeness (QED) is 0.863. The first-order valence-electron chi connectivity index (χ1n) is 8.48. The van der Waals surface area contributed by atoms with E-state index in [1.807, 2.05) is 0 Å². The second-order valence-electron chi connectivity index (χ2n) is 6.52. The van der Waals surface area contributed by atoms with Crippen LogP contribution in [0.4, 0.5) is 4.39 Å². The average Bonchev–Trinajstić information content (AvgIpc) is 2.60. The maximum Gasteiger partial charge on any atom is 0.253 e. The van der Waals surface area contributed by atoms with Gasteiger partial charge in [0.05, 0.1) is 0 Å². The third-order valence-corrected chi connectivity index (χ3v) is 5.56. The Labute approximate surface area is 157 Å². The van der Waals surface area contributed by atoms with Crippen LogP contribution in [0.5, 0.6) is 11.5 Å². The summed E-state index contributed by atoms with van der Waals surface area (Å²) < 4.78 is 42.8. The lowest BCUT2D eigenvalue weighted by atomic mass is 10.1. The van der Waals surface area contributed by atoms with E-state index < -0.39 is 20.5 Å². The number of halogens is 1. The number of phenolic OH excluding ortho intramolecular Hbond substituents is 1. The number of phenols is 1. The van der Waals surface area contributed by atoms with Crippen LogP contribution in [-0.2, 0) is 9.84 Å². The van der Waals surface area contributed by atoms with Crippen LogP contribution in [0.3, 0.4) is 0 Å². The van der Waals surface area contributed by atoms with Crippen LogP contribution in [-0.4, -0.2) is 49.8 Å². The molecule has 1 fully saturated rings. The number of carbonyl (C=O) groups excluding carboxylic acids is 1. The van der Waals surface area contributed by atoms with Crippen molar-refractivity contribution in [1.82, 2.24) is 4.90 Å². The SMILES string of the molecule is CS(=O)(=O)c1ccc(C(=O)N2CCC(Oc3cccc(O)c3)CC2)cc1F. The Kier molecular flexibility index (Phi) is 5.36. The Bertz CT molecular complexity index is 952. The highest BCUT2D eigenvalue weighted by molar-refractivity contribution is 7.90. The van der Waals surface area contributed by atoms with Crippen molar-refractivity contribution in [1.29, 1.82) is 0 Å². The molecule has 0 aromatic heterocycles. The Morgan fingerprint density at radius 1 is 1.19 bits per heavy atom. The first kappa shape index (κ1) is 19.2. The monoisotopic (exact) mass is 393 g/mol. The topological polar surface area (TPSA) is 83.9 Å². The van der Waals surface area contributed by atoms with Gasteiger partial charge in [0.25, 0.3) is 5.91 Å². The van der Waals surface area contributed by atoms with Gasteiger partial charge in [0.1, 0.15) is 28.3 Å². The molecule has 1 aliphatic heterocycles. The van der Waals surface area contributed by atoms with E-state index in [0.717, 1.165) is 18.4 Å². The summed E-state index contributed by atoms with van der Waals surface area (Å²) in [5.74, 6) is -0.576. The van der Waals surface area contributed by atoms with Crippen molar-refractivity contribution >= 4 is 15.7 Å². The third kappa shape index (κ3) is 4.57. The molecule has 8 heteroatoms. The fourth-order valence-electron chi connectivity index (χ4n) is 3.04. The molecule has 2 aromatic carbocycles. The normalized spacial score (nSPS) is 15.6. The number of carbonyl (C=O) groups is 1. The summed E-state index contributed by atoms with van der Waals surface area (Å²) in [4.78, 5) is 13.7. The molecule has 0 bridgehead atoms. The molecule has 27 heavy (non-hydrogen) atoms. The van der Waals surface area contributed by atoms with Crippen LogP contribution in [0.1, 0.15) is 23.2 Å². The highest BCUT2D eigenvalue weighted by atomic mass is 32.2. The van der Waals surface area contributed by atoms with Gasteiger partial charge in [-0.15, -0.1) is 0 Å². The van der Waals surface area contributed by atoms with E-state index in [9.17, 15) is 22.7 Å². The predicted molar refractivity (Wildman–Crippen MR) is 97.2 cm³/mol. The molecule has 1 amide bonds. The van der Waals surface area contributed by atoms with Gasteiger partial charge in [-0.2, -0.15) is 0 Å². The van der Waals surface area contributed by atoms with Crippen molar-refractivity contribution in [2.75, 3.05) is 19.3 Å². The molecule has 2 aromatic rings. The van der Waals surface area contributed by atoms with Crippen molar-refractivity contribution < 1.29 is 27.4 Å². The summed E-state index contributed by atoms with van der Waals surface area (Å²) >= 11 is 0. The van der Waals surface area contributed by atoms with Crippen LogP contribution >= 0.6 is 0 Å². The van der Waals surface area contributed by atoms with Crippen molar-refractivity contribution in [2.45, 2.75) is 23.8 Å². The van der Waals surface area contributed by atoms with Gasteiger partial charge in [-0.1, -0.05) is 6.07 Å². The zero-order valence-electron chi connectivity index (χ0n) is 14.8. The molecular formula is C19H20FNO5S. The summed E-state index contributed by atoms with van der Waals surface area (Å²) in [5, 5.41) is 9.47. The standard InChI is InChI=1S/C19H20FNO5S/c1-27(24,25)18-6-5-13(11-17(18)20)19(23)21-9-7-15(8-10-21)26-16-4-2-3-14(22)12-16/h2-6,11-12,15,22H,7-10H2,1H3. The number of likely N-dealkylation sites (tertiary alicyclic amines) is 1. The van der Waals surface area contributed by atoms with Gasteiger partial charge in [0.15, 0.2) is 9.84 Å². The second-order valence-corrected chi connectivity index (χ2v) is 8.51. The van der Waals surface area contributed by atoms with Crippen LogP contribution in [0.15, 0.2) is 47.4 Å². The van der Waals surface area contributed by atoms with Crippen LogP contribution < -0.4 is 4.74 Å². The van der Waals surface area contributed by atoms with Gasteiger partial charge in [-0.3, -0.25) is 4.79 Å². The second kappa shape index (κ2) is 7.56. The van der Waals surface area contributed by atoms with Crippen molar-refractivity contribution in [3.8, 4) is 11.5 Å². The summed E-state index contributed by atoms with van der Waals surface area (Å²) in [7, 11) is -3.68. The molecule has 3 rings (SSSR count). The van der Waals surface area contributed by atoms with Crippen molar-refractivity contribution in [3.05, 3.63) is 53.8 Å². The molecule has 0 aliphatic carbocycles. The highest BCUT2D eigenvalue weighted by Gasteiger charge is 2.26. The van der Waals surface area contributed by atoms with Crippen LogP contribution in [0.2, 0.25) is 0 Å². The van der Waals surface area contributed by atoms with E-state index in [1.54, 1.807) is 23.1 Å². The molecule has 0 atom stereocenters. The maximum absolute atomic E-state index is 14.0. The molecular weight excluding hydrogens is 373 g/mol. The molecule has 1 heterocycles. The molecule has 144 valence electrons. The number of sulfone groups is 1. The molecule has 1 N–H and O–H groups in total. The largest absolute Gasteiger partial charge is 0.508 e. The van der Waals surface area contributed by atoms with Gasteiger partial charge in [-0.05, 0) is 30.3 Å². The number of aromatic hydroxyl groups is 1. The summed E-state index contributed by atoms with van der Waals surface area (Å²) in [6.45, 7) is 0.884.